The molecule has 1 heterocycles. The standard InChI is InChI=1S/C20H15N/c1-2-8-16(9-3-1)21-17-10-4-6-14-12-13-15-7-5-11-18(21)20(15)19(14)17/h1-11H,12-13H2. The fourth-order valence-corrected chi connectivity index (χ4v) is 3.79. The molecule has 0 bridgehead atoms. The van der Waals surface area contributed by atoms with Crippen LogP contribution in [0, 0.1) is 0 Å². The quantitative estimate of drug-likeness (QED) is 0.464. The first-order chi connectivity index (χ1) is 10.4. The van der Waals surface area contributed by atoms with Crippen LogP contribution in [0.3, 0.4) is 0 Å². The van der Waals surface area contributed by atoms with Crippen LogP contribution in [0.2, 0.25) is 0 Å². The van der Waals surface area contributed by atoms with Crippen molar-refractivity contribution in [2.75, 3.05) is 0 Å². The van der Waals surface area contributed by atoms with E-state index in [1.807, 2.05) is 0 Å². The third-order valence-electron chi connectivity index (χ3n) is 4.67. The van der Waals surface area contributed by atoms with E-state index in [1.165, 1.54) is 38.6 Å². The number of hydrogen-bond acceptors (Lipinski definition) is 0. The molecule has 0 N–H and O–H groups in total. The molecule has 0 atom stereocenters. The molecule has 3 aromatic carbocycles. The van der Waals surface area contributed by atoms with Gasteiger partial charge in [-0.15, -0.1) is 0 Å². The highest BCUT2D eigenvalue weighted by Gasteiger charge is 2.20. The van der Waals surface area contributed by atoms with Crippen molar-refractivity contribution < 1.29 is 0 Å². The summed E-state index contributed by atoms with van der Waals surface area (Å²) in [6, 6.07) is 24.1. The van der Waals surface area contributed by atoms with E-state index in [0.29, 0.717) is 0 Å². The monoisotopic (exact) mass is 269 g/mol. The van der Waals surface area contributed by atoms with E-state index in [-0.39, 0.29) is 0 Å². The van der Waals surface area contributed by atoms with Gasteiger partial charge in [0.25, 0.3) is 0 Å². The van der Waals surface area contributed by atoms with Crippen molar-refractivity contribution in [3.8, 4) is 5.69 Å². The van der Waals surface area contributed by atoms with Crippen LogP contribution in [-0.4, -0.2) is 4.57 Å². The third kappa shape index (κ3) is 1.41. The summed E-state index contributed by atoms with van der Waals surface area (Å²) in [6.45, 7) is 0. The molecule has 1 aliphatic rings. The summed E-state index contributed by atoms with van der Waals surface area (Å²) < 4.78 is 2.41. The molecule has 100 valence electrons. The van der Waals surface area contributed by atoms with Gasteiger partial charge < -0.3 is 4.57 Å². The highest BCUT2D eigenvalue weighted by Crippen LogP contribution is 2.39. The van der Waals surface area contributed by atoms with Gasteiger partial charge in [0.05, 0.1) is 11.0 Å². The van der Waals surface area contributed by atoms with Gasteiger partial charge in [0.1, 0.15) is 0 Å². The van der Waals surface area contributed by atoms with E-state index < -0.39 is 0 Å². The van der Waals surface area contributed by atoms with Crippen molar-refractivity contribution in [2.24, 2.45) is 0 Å². The maximum absolute atomic E-state index is 2.41. The predicted molar refractivity (Wildman–Crippen MR) is 88.2 cm³/mol. The van der Waals surface area contributed by atoms with E-state index in [0.717, 1.165) is 12.8 Å². The molecule has 4 aromatic rings. The third-order valence-corrected chi connectivity index (χ3v) is 4.67. The predicted octanol–water partition coefficient (Wildman–Crippen LogP) is 4.88. The molecular weight excluding hydrogens is 254 g/mol. The molecule has 0 fully saturated rings. The zero-order valence-corrected chi connectivity index (χ0v) is 11.7. The number of benzene rings is 3. The molecule has 0 aliphatic heterocycles. The summed E-state index contributed by atoms with van der Waals surface area (Å²) in [5.41, 5.74) is 6.90. The van der Waals surface area contributed by atoms with Crippen molar-refractivity contribution in [3.05, 3.63) is 77.9 Å². The maximum Gasteiger partial charge on any atom is 0.0543 e. The fraction of sp³-hybridized carbons (Fsp3) is 0.100. The van der Waals surface area contributed by atoms with Crippen LogP contribution in [0.1, 0.15) is 11.1 Å². The number of aryl methyl sites for hydroxylation is 2. The van der Waals surface area contributed by atoms with Crippen LogP contribution < -0.4 is 0 Å². The topological polar surface area (TPSA) is 4.93 Å². The van der Waals surface area contributed by atoms with Crippen LogP contribution in [0.5, 0.6) is 0 Å². The van der Waals surface area contributed by atoms with Crippen molar-refractivity contribution in [2.45, 2.75) is 12.8 Å². The van der Waals surface area contributed by atoms with Gasteiger partial charge in [-0.25, -0.2) is 0 Å². The SMILES string of the molecule is c1ccc(-n2c3cccc4c3c3c(cccc32)CC4)cc1. The van der Waals surface area contributed by atoms with Crippen LogP contribution in [0.15, 0.2) is 66.7 Å². The first-order valence-electron chi connectivity index (χ1n) is 7.53. The Morgan fingerprint density at radius 2 is 1.14 bits per heavy atom. The van der Waals surface area contributed by atoms with E-state index in [9.17, 15) is 0 Å². The van der Waals surface area contributed by atoms with E-state index >= 15 is 0 Å². The van der Waals surface area contributed by atoms with Gasteiger partial charge in [0.2, 0.25) is 0 Å². The highest BCUT2D eigenvalue weighted by molar-refractivity contribution is 6.13. The van der Waals surface area contributed by atoms with E-state index in [4.69, 9.17) is 0 Å². The molecule has 1 aliphatic carbocycles. The summed E-state index contributed by atoms with van der Waals surface area (Å²) in [6.07, 6.45) is 2.31. The lowest BCUT2D eigenvalue weighted by Gasteiger charge is -2.12. The molecule has 0 saturated heterocycles. The van der Waals surface area contributed by atoms with Crippen molar-refractivity contribution >= 4 is 21.8 Å². The lowest BCUT2D eigenvalue weighted by Crippen LogP contribution is -1.97. The molecule has 0 unspecified atom stereocenters. The molecule has 21 heavy (non-hydrogen) atoms. The van der Waals surface area contributed by atoms with Crippen LogP contribution in [0.25, 0.3) is 27.5 Å². The van der Waals surface area contributed by atoms with E-state index in [1.54, 1.807) is 0 Å². The van der Waals surface area contributed by atoms with Crippen molar-refractivity contribution in [3.63, 3.8) is 0 Å². The average Bonchev–Trinajstić information content (AvgIpc) is 2.90. The minimum absolute atomic E-state index is 1.16. The number of rotatable bonds is 1. The normalized spacial score (nSPS) is 13.3. The van der Waals surface area contributed by atoms with Gasteiger partial charge in [-0.3, -0.25) is 0 Å². The second-order valence-corrected chi connectivity index (χ2v) is 5.79. The second-order valence-electron chi connectivity index (χ2n) is 5.79. The van der Waals surface area contributed by atoms with Crippen molar-refractivity contribution in [1.82, 2.24) is 4.57 Å². The summed E-state index contributed by atoms with van der Waals surface area (Å²) in [5, 5.41) is 2.91. The van der Waals surface area contributed by atoms with Crippen LogP contribution in [0.4, 0.5) is 0 Å². The Hall–Kier alpha value is -2.54. The Bertz CT molecular complexity index is 916. The molecule has 1 heteroatoms. The molecule has 1 aromatic heterocycles. The molecule has 0 spiro atoms. The Labute approximate surface area is 123 Å². The van der Waals surface area contributed by atoms with Crippen LogP contribution >= 0.6 is 0 Å². The maximum atomic E-state index is 2.41. The van der Waals surface area contributed by atoms with Crippen molar-refractivity contribution in [1.29, 1.82) is 0 Å². The summed E-state index contributed by atoms with van der Waals surface area (Å²) >= 11 is 0. The van der Waals surface area contributed by atoms with E-state index in [2.05, 4.69) is 71.3 Å². The number of hydrogen-bond donors (Lipinski definition) is 0. The largest absolute Gasteiger partial charge is 0.309 e. The second kappa shape index (κ2) is 3.98. The van der Waals surface area contributed by atoms with Gasteiger partial charge in [-0.1, -0.05) is 42.5 Å². The Balaban J connectivity index is 2.07. The summed E-state index contributed by atoms with van der Waals surface area (Å²) in [4.78, 5) is 0. The lowest BCUT2D eigenvalue weighted by molar-refractivity contribution is 0.969. The molecular formula is C20H15N. The smallest absolute Gasteiger partial charge is 0.0543 e. The molecule has 5 rings (SSSR count). The van der Waals surface area contributed by atoms with Gasteiger partial charge in [0.15, 0.2) is 0 Å². The van der Waals surface area contributed by atoms with Gasteiger partial charge in [0, 0.05) is 16.5 Å². The first kappa shape index (κ1) is 11.2. The number of nitrogens with zero attached hydrogens (tertiary/aromatic N) is 1. The van der Waals surface area contributed by atoms with Gasteiger partial charge in [-0.2, -0.15) is 0 Å². The minimum atomic E-state index is 1.16. The Kier molecular flexibility index (Phi) is 2.12. The molecule has 1 nitrogen and oxygen atoms in total. The summed E-state index contributed by atoms with van der Waals surface area (Å²) in [5.74, 6) is 0. The highest BCUT2D eigenvalue weighted by atomic mass is 15.0. The average molecular weight is 269 g/mol. The first-order valence-corrected chi connectivity index (χ1v) is 7.53. The van der Waals surface area contributed by atoms with Gasteiger partial charge >= 0.3 is 0 Å². The Morgan fingerprint density at radius 3 is 1.71 bits per heavy atom. The molecule has 0 amide bonds. The number of para-hydroxylation sites is 1. The zero-order chi connectivity index (χ0) is 13.8. The summed E-state index contributed by atoms with van der Waals surface area (Å²) in [7, 11) is 0. The molecule has 0 radical (unpaired) electrons. The zero-order valence-electron chi connectivity index (χ0n) is 11.7. The Morgan fingerprint density at radius 1 is 0.571 bits per heavy atom. The van der Waals surface area contributed by atoms with Crippen LogP contribution in [-0.2, 0) is 12.8 Å². The molecule has 0 saturated carbocycles. The van der Waals surface area contributed by atoms with Gasteiger partial charge in [-0.05, 0) is 48.2 Å². The number of aromatic nitrogens is 1. The fourth-order valence-electron chi connectivity index (χ4n) is 3.79. The minimum Gasteiger partial charge on any atom is -0.309 e. The lowest BCUT2D eigenvalue weighted by atomic mass is 9.91.